The zero-order valence-electron chi connectivity index (χ0n) is 17.7. The minimum absolute atomic E-state index is 0.0103. The number of nitrogens with two attached hydrogens (primary N) is 1. The number of nitrogens with zero attached hydrogens (tertiary/aromatic N) is 6. The van der Waals surface area contributed by atoms with Crippen LogP contribution in [-0.2, 0) is 4.79 Å². The van der Waals surface area contributed by atoms with Crippen LogP contribution in [-0.4, -0.2) is 48.6 Å². The SMILES string of the molecule is C=CC(=O)N1CCCC(n2nc(-c3ccc(-c4cccc(C)n4)s3)c3c(N)ncnc32)C1. The zero-order chi connectivity index (χ0) is 22.2. The van der Waals surface area contributed by atoms with Crippen LogP contribution in [0.25, 0.3) is 32.2 Å². The maximum atomic E-state index is 12.2. The molecule has 1 atom stereocenters. The molecule has 0 aromatic carbocycles. The number of carbonyl (C=O) groups is 1. The van der Waals surface area contributed by atoms with Gasteiger partial charge in [-0.1, -0.05) is 12.6 Å². The molecular formula is C23H23N7OS. The Labute approximate surface area is 189 Å². The van der Waals surface area contributed by atoms with Crippen LogP contribution >= 0.6 is 11.3 Å². The van der Waals surface area contributed by atoms with Gasteiger partial charge in [0.1, 0.15) is 17.8 Å². The predicted octanol–water partition coefficient (Wildman–Crippen LogP) is 3.86. The number of anilines is 1. The van der Waals surface area contributed by atoms with Crippen molar-refractivity contribution in [2.24, 2.45) is 0 Å². The summed E-state index contributed by atoms with van der Waals surface area (Å²) in [6, 6.07) is 10.1. The molecule has 162 valence electrons. The molecular weight excluding hydrogens is 422 g/mol. The van der Waals surface area contributed by atoms with E-state index < -0.39 is 0 Å². The van der Waals surface area contributed by atoms with E-state index in [-0.39, 0.29) is 11.9 Å². The molecule has 1 amide bonds. The Bertz CT molecular complexity index is 1330. The summed E-state index contributed by atoms with van der Waals surface area (Å²) in [5.74, 6) is 0.337. The molecule has 0 spiro atoms. The van der Waals surface area contributed by atoms with Gasteiger partial charge >= 0.3 is 0 Å². The van der Waals surface area contributed by atoms with Crippen molar-refractivity contribution in [3.63, 3.8) is 0 Å². The lowest BCUT2D eigenvalue weighted by Gasteiger charge is -2.32. The highest BCUT2D eigenvalue weighted by atomic mass is 32.1. The van der Waals surface area contributed by atoms with Crippen LogP contribution in [0.4, 0.5) is 5.82 Å². The van der Waals surface area contributed by atoms with Crippen molar-refractivity contribution in [1.82, 2.24) is 29.6 Å². The largest absolute Gasteiger partial charge is 0.383 e. The molecule has 5 rings (SSSR count). The number of aryl methyl sites for hydroxylation is 1. The Hall–Kier alpha value is -3.59. The average Bonchev–Trinajstić information content (AvgIpc) is 3.44. The van der Waals surface area contributed by atoms with Gasteiger partial charge in [-0.3, -0.25) is 9.78 Å². The molecule has 1 unspecified atom stereocenters. The Morgan fingerprint density at radius 3 is 2.91 bits per heavy atom. The molecule has 2 N–H and O–H groups in total. The number of fused-ring (bicyclic) bond motifs is 1. The highest BCUT2D eigenvalue weighted by molar-refractivity contribution is 7.18. The zero-order valence-corrected chi connectivity index (χ0v) is 18.5. The molecule has 0 bridgehead atoms. The lowest BCUT2D eigenvalue weighted by Crippen LogP contribution is -2.40. The van der Waals surface area contributed by atoms with Gasteiger partial charge in [-0.2, -0.15) is 5.10 Å². The monoisotopic (exact) mass is 445 g/mol. The van der Waals surface area contributed by atoms with Crippen LogP contribution in [0.2, 0.25) is 0 Å². The molecule has 4 aromatic rings. The van der Waals surface area contributed by atoms with Crippen molar-refractivity contribution in [2.45, 2.75) is 25.8 Å². The predicted molar refractivity (Wildman–Crippen MR) is 126 cm³/mol. The summed E-state index contributed by atoms with van der Waals surface area (Å²) in [6.07, 6.45) is 4.63. The third-order valence-corrected chi connectivity index (χ3v) is 6.84. The molecule has 0 radical (unpaired) electrons. The van der Waals surface area contributed by atoms with E-state index in [2.05, 4.69) is 27.6 Å². The van der Waals surface area contributed by atoms with Crippen LogP contribution < -0.4 is 5.73 Å². The summed E-state index contributed by atoms with van der Waals surface area (Å²) in [7, 11) is 0. The number of nitrogen functional groups attached to an aromatic ring is 1. The van der Waals surface area contributed by atoms with E-state index in [1.165, 1.54) is 12.4 Å². The van der Waals surface area contributed by atoms with E-state index in [1.807, 2.05) is 40.8 Å². The molecule has 8 nitrogen and oxygen atoms in total. The molecule has 1 aliphatic heterocycles. The van der Waals surface area contributed by atoms with Crippen LogP contribution in [0.1, 0.15) is 24.6 Å². The van der Waals surface area contributed by atoms with Gasteiger partial charge in [0.25, 0.3) is 0 Å². The van der Waals surface area contributed by atoms with Crippen molar-refractivity contribution in [2.75, 3.05) is 18.8 Å². The lowest BCUT2D eigenvalue weighted by atomic mass is 10.1. The molecule has 1 saturated heterocycles. The number of carbonyl (C=O) groups excluding carboxylic acids is 1. The fourth-order valence-electron chi connectivity index (χ4n) is 4.19. The normalized spacial score (nSPS) is 16.4. The van der Waals surface area contributed by atoms with Gasteiger partial charge in [0.15, 0.2) is 5.65 Å². The number of amides is 1. The van der Waals surface area contributed by atoms with E-state index in [9.17, 15) is 4.79 Å². The molecule has 0 saturated carbocycles. The van der Waals surface area contributed by atoms with E-state index in [4.69, 9.17) is 10.8 Å². The van der Waals surface area contributed by atoms with E-state index >= 15 is 0 Å². The number of piperidine rings is 1. The minimum Gasteiger partial charge on any atom is -0.383 e. The summed E-state index contributed by atoms with van der Waals surface area (Å²) >= 11 is 1.61. The van der Waals surface area contributed by atoms with Gasteiger partial charge in [0.2, 0.25) is 5.91 Å². The Morgan fingerprint density at radius 2 is 2.09 bits per heavy atom. The van der Waals surface area contributed by atoms with Gasteiger partial charge in [-0.15, -0.1) is 11.3 Å². The van der Waals surface area contributed by atoms with Gasteiger partial charge < -0.3 is 10.6 Å². The summed E-state index contributed by atoms with van der Waals surface area (Å²) in [4.78, 5) is 29.4. The first-order chi connectivity index (χ1) is 15.5. The van der Waals surface area contributed by atoms with Crippen molar-refractivity contribution >= 4 is 34.1 Å². The third-order valence-electron chi connectivity index (χ3n) is 5.73. The molecule has 1 aliphatic rings. The lowest BCUT2D eigenvalue weighted by molar-refractivity contribution is -0.127. The number of rotatable bonds is 4. The standard InChI is InChI=1S/C23H23N7OS/c1-3-19(31)29-11-5-7-15(12-29)30-23-20(22(24)25-13-26-23)21(28-30)18-10-9-17(32-18)16-8-4-6-14(2)27-16/h3-4,6,8-10,13,15H,1,5,7,11-12H2,2H3,(H2,24,25,26). The van der Waals surface area contributed by atoms with Crippen molar-refractivity contribution < 1.29 is 4.79 Å². The summed E-state index contributed by atoms with van der Waals surface area (Å²) in [5, 5.41) is 5.69. The topological polar surface area (TPSA) is 103 Å². The number of thiophene rings is 1. The number of aromatic nitrogens is 5. The summed E-state index contributed by atoms with van der Waals surface area (Å²) in [5.41, 5.74) is 9.63. The van der Waals surface area contributed by atoms with Crippen molar-refractivity contribution in [3.05, 3.63) is 55.0 Å². The fourth-order valence-corrected chi connectivity index (χ4v) is 5.16. The summed E-state index contributed by atoms with van der Waals surface area (Å²) in [6.45, 7) is 6.89. The van der Waals surface area contributed by atoms with E-state index in [0.29, 0.717) is 18.0 Å². The quantitative estimate of drug-likeness (QED) is 0.479. The van der Waals surface area contributed by atoms with Gasteiger partial charge in [-0.25, -0.2) is 14.6 Å². The van der Waals surface area contributed by atoms with Crippen molar-refractivity contribution in [1.29, 1.82) is 0 Å². The van der Waals surface area contributed by atoms with Crippen LogP contribution in [0.5, 0.6) is 0 Å². The van der Waals surface area contributed by atoms with Crippen LogP contribution in [0.3, 0.4) is 0 Å². The van der Waals surface area contributed by atoms with E-state index in [1.54, 1.807) is 11.3 Å². The van der Waals surface area contributed by atoms with Gasteiger partial charge in [0.05, 0.1) is 26.9 Å². The highest BCUT2D eigenvalue weighted by Gasteiger charge is 2.28. The maximum absolute atomic E-state index is 12.2. The second-order valence-corrected chi connectivity index (χ2v) is 8.95. The number of likely N-dealkylation sites (tertiary alicyclic amines) is 1. The first-order valence-corrected chi connectivity index (χ1v) is 11.3. The Kier molecular flexibility index (Phi) is 5.18. The molecule has 1 fully saturated rings. The summed E-state index contributed by atoms with van der Waals surface area (Å²) < 4.78 is 1.91. The van der Waals surface area contributed by atoms with Crippen LogP contribution in [0.15, 0.2) is 49.3 Å². The van der Waals surface area contributed by atoms with Gasteiger partial charge in [0, 0.05) is 18.8 Å². The second kappa shape index (κ2) is 8.16. The highest BCUT2D eigenvalue weighted by Crippen LogP contribution is 2.39. The minimum atomic E-state index is -0.0610. The first-order valence-electron chi connectivity index (χ1n) is 10.5. The average molecular weight is 446 g/mol. The second-order valence-electron chi connectivity index (χ2n) is 7.86. The Balaban J connectivity index is 1.58. The number of pyridine rings is 1. The van der Waals surface area contributed by atoms with Crippen LogP contribution in [0, 0.1) is 6.92 Å². The third kappa shape index (κ3) is 3.54. The fraction of sp³-hybridized carbons (Fsp3) is 0.261. The molecule has 0 aliphatic carbocycles. The molecule has 9 heteroatoms. The van der Waals surface area contributed by atoms with Crippen molar-refractivity contribution in [3.8, 4) is 21.1 Å². The molecule has 32 heavy (non-hydrogen) atoms. The van der Waals surface area contributed by atoms with E-state index in [0.717, 1.165) is 51.6 Å². The smallest absolute Gasteiger partial charge is 0.246 e. The molecule has 4 aromatic heterocycles. The Morgan fingerprint density at radius 1 is 1.25 bits per heavy atom. The number of hydrogen-bond donors (Lipinski definition) is 1. The molecule has 5 heterocycles. The first kappa shape index (κ1) is 20.3. The number of hydrogen-bond acceptors (Lipinski definition) is 7. The maximum Gasteiger partial charge on any atom is 0.246 e. The van der Waals surface area contributed by atoms with Gasteiger partial charge in [-0.05, 0) is 50.1 Å².